The number of hydrogen-bond acceptors (Lipinski definition) is 9. The van der Waals surface area contributed by atoms with Crippen LogP contribution in [0.5, 0.6) is 23.0 Å². The van der Waals surface area contributed by atoms with E-state index < -0.39 is 32.5 Å². The first kappa shape index (κ1) is 37.2. The van der Waals surface area contributed by atoms with Gasteiger partial charge in [-0.25, -0.2) is 4.79 Å². The minimum absolute atomic E-state index is 0.0932. The summed E-state index contributed by atoms with van der Waals surface area (Å²) in [7, 11) is 0. The number of phenols is 4. The maximum absolute atomic E-state index is 14.7. The summed E-state index contributed by atoms with van der Waals surface area (Å²) >= 11 is 25.1. The van der Waals surface area contributed by atoms with Gasteiger partial charge >= 0.3 is 6.03 Å². The summed E-state index contributed by atoms with van der Waals surface area (Å²) in [5, 5.41) is 83.5. The minimum atomic E-state index is -0.778. The van der Waals surface area contributed by atoms with Crippen molar-refractivity contribution in [3.05, 3.63) is 113 Å². The lowest BCUT2D eigenvalue weighted by Crippen LogP contribution is -2.42. The van der Waals surface area contributed by atoms with Crippen LogP contribution < -0.4 is 0 Å². The van der Waals surface area contributed by atoms with E-state index in [1.165, 1.54) is 58.3 Å². The number of carbonyl (C=O) groups is 1. The van der Waals surface area contributed by atoms with E-state index >= 15 is 0 Å². The average molecular weight is 742 g/mol. The maximum atomic E-state index is 14.7. The number of carbonyl (C=O) groups excluding carboxylic acids is 1. The molecule has 0 bridgehead atoms. The molecule has 0 aliphatic carbocycles. The van der Waals surface area contributed by atoms with Crippen molar-refractivity contribution < 1.29 is 45.6 Å². The summed E-state index contributed by atoms with van der Waals surface area (Å²) in [4.78, 5) is 17.1. The molecule has 256 valence electrons. The molecule has 4 aromatic carbocycles. The predicted octanol–water partition coefficient (Wildman–Crippen LogP) is 5.92. The average Bonchev–Trinajstić information content (AvgIpc) is 3.05. The number of aliphatic hydroxyl groups excluding tert-OH is 4. The van der Waals surface area contributed by atoms with Crippen LogP contribution in [-0.2, 0) is 52.6 Å². The molecule has 0 aliphatic rings. The van der Waals surface area contributed by atoms with E-state index in [4.69, 9.17) is 46.4 Å². The van der Waals surface area contributed by atoms with Gasteiger partial charge in [0.25, 0.3) is 0 Å². The second-order valence-electron chi connectivity index (χ2n) is 10.9. The van der Waals surface area contributed by atoms with Crippen molar-refractivity contribution in [2.24, 2.45) is 0 Å². The smallest absolute Gasteiger partial charge is 0.321 e. The van der Waals surface area contributed by atoms with Gasteiger partial charge in [-0.05, 0) is 48.5 Å². The van der Waals surface area contributed by atoms with Gasteiger partial charge in [0.2, 0.25) is 0 Å². The lowest BCUT2D eigenvalue weighted by atomic mass is 10.1. The normalized spacial score (nSPS) is 11.2. The Balaban J connectivity index is 1.89. The number of amides is 2. The van der Waals surface area contributed by atoms with Crippen LogP contribution in [0, 0.1) is 0 Å². The third kappa shape index (κ3) is 8.49. The van der Waals surface area contributed by atoms with Crippen LogP contribution in [0.15, 0.2) is 48.5 Å². The quantitative estimate of drug-likeness (QED) is 0.0874. The fraction of sp³-hybridized carbons (Fsp3) is 0.242. The summed E-state index contributed by atoms with van der Waals surface area (Å²) in [6.45, 7) is -3.62. The molecule has 0 radical (unpaired) electrons. The number of nitrogens with zero attached hydrogens (tertiary/aromatic N) is 2. The van der Waals surface area contributed by atoms with E-state index in [1.807, 2.05) is 0 Å². The largest absolute Gasteiger partial charge is 0.507 e. The third-order valence-electron chi connectivity index (χ3n) is 7.60. The molecule has 4 aromatic rings. The zero-order chi connectivity index (χ0) is 35.3. The SMILES string of the molecule is O=C(N(Cc1cc(Cl)cc(CO)c1O)Cc1cc(Cl)cc(CO)c1O)N(Cc1cc(Cl)cc(CO)c1O)Cc1cc(Cl)cc(CO)c1O. The van der Waals surface area contributed by atoms with Gasteiger partial charge in [0.15, 0.2) is 0 Å². The molecule has 8 N–H and O–H groups in total. The van der Waals surface area contributed by atoms with Crippen LogP contribution in [0.4, 0.5) is 4.79 Å². The summed E-state index contributed by atoms with van der Waals surface area (Å²) in [6, 6.07) is 10.2. The number of hydrogen-bond donors (Lipinski definition) is 8. The molecule has 48 heavy (non-hydrogen) atoms. The van der Waals surface area contributed by atoms with E-state index in [1.54, 1.807) is 0 Å². The highest BCUT2D eigenvalue weighted by Gasteiger charge is 2.28. The molecule has 0 heterocycles. The van der Waals surface area contributed by atoms with Crippen LogP contribution in [0.2, 0.25) is 20.1 Å². The van der Waals surface area contributed by atoms with Gasteiger partial charge in [0.05, 0.1) is 52.6 Å². The Kier molecular flexibility index (Phi) is 12.5. The molecule has 0 saturated heterocycles. The predicted molar refractivity (Wildman–Crippen MR) is 180 cm³/mol. The first-order valence-corrected chi connectivity index (χ1v) is 15.8. The van der Waals surface area contributed by atoms with Crippen LogP contribution >= 0.6 is 46.4 Å². The van der Waals surface area contributed by atoms with E-state index in [2.05, 4.69) is 0 Å². The van der Waals surface area contributed by atoms with E-state index in [-0.39, 0.29) is 114 Å². The lowest BCUT2D eigenvalue weighted by Gasteiger charge is -2.32. The van der Waals surface area contributed by atoms with Crippen molar-refractivity contribution in [3.8, 4) is 23.0 Å². The van der Waals surface area contributed by atoms with Crippen LogP contribution in [0.1, 0.15) is 44.5 Å². The van der Waals surface area contributed by atoms with Gasteiger partial charge in [-0.3, -0.25) is 0 Å². The number of rotatable bonds is 12. The van der Waals surface area contributed by atoms with Gasteiger partial charge < -0.3 is 50.7 Å². The topological polar surface area (TPSA) is 185 Å². The van der Waals surface area contributed by atoms with Gasteiger partial charge in [0, 0.05) is 64.6 Å². The molecule has 0 spiro atoms. The summed E-state index contributed by atoms with van der Waals surface area (Å²) in [5.41, 5.74) is 0.892. The molecule has 0 fully saturated rings. The summed E-state index contributed by atoms with van der Waals surface area (Å²) in [5.74, 6) is -1.34. The molecule has 0 atom stereocenters. The van der Waals surface area contributed by atoms with Crippen molar-refractivity contribution in [3.63, 3.8) is 0 Å². The zero-order valence-corrected chi connectivity index (χ0v) is 28.2. The molecular formula is C33H32Cl4N2O9. The van der Waals surface area contributed by atoms with E-state index in [0.29, 0.717) is 0 Å². The van der Waals surface area contributed by atoms with Gasteiger partial charge in [0.1, 0.15) is 23.0 Å². The Labute approximate surface area is 295 Å². The molecule has 11 nitrogen and oxygen atoms in total. The Hall–Kier alpha value is -3.65. The van der Waals surface area contributed by atoms with Crippen molar-refractivity contribution in [2.75, 3.05) is 0 Å². The molecule has 0 saturated carbocycles. The fourth-order valence-corrected chi connectivity index (χ4v) is 6.29. The van der Waals surface area contributed by atoms with Crippen molar-refractivity contribution in [1.82, 2.24) is 9.80 Å². The van der Waals surface area contributed by atoms with Crippen molar-refractivity contribution >= 4 is 52.4 Å². The van der Waals surface area contributed by atoms with Gasteiger partial charge in [-0.1, -0.05) is 46.4 Å². The second kappa shape index (κ2) is 16.2. The van der Waals surface area contributed by atoms with E-state index in [9.17, 15) is 45.6 Å². The fourth-order valence-electron chi connectivity index (χ4n) is 5.24. The summed E-state index contributed by atoms with van der Waals surface area (Å²) < 4.78 is 0. The molecule has 4 rings (SSSR count). The number of aromatic hydroxyl groups is 4. The third-order valence-corrected chi connectivity index (χ3v) is 8.47. The van der Waals surface area contributed by atoms with Crippen LogP contribution in [-0.4, -0.2) is 56.7 Å². The molecule has 0 unspecified atom stereocenters. The Bertz CT molecular complexity index is 1570. The minimum Gasteiger partial charge on any atom is -0.507 e. The first-order valence-electron chi connectivity index (χ1n) is 14.3. The maximum Gasteiger partial charge on any atom is 0.321 e. The molecule has 0 aliphatic heterocycles. The van der Waals surface area contributed by atoms with E-state index in [0.717, 1.165) is 0 Å². The molecule has 15 heteroatoms. The molecule has 0 aromatic heterocycles. The Morgan fingerprint density at radius 3 is 0.792 bits per heavy atom. The van der Waals surface area contributed by atoms with Crippen LogP contribution in [0.3, 0.4) is 0 Å². The van der Waals surface area contributed by atoms with Crippen molar-refractivity contribution in [1.29, 1.82) is 0 Å². The number of aliphatic hydroxyl groups is 4. The van der Waals surface area contributed by atoms with Crippen LogP contribution in [0.25, 0.3) is 0 Å². The zero-order valence-electron chi connectivity index (χ0n) is 25.2. The second-order valence-corrected chi connectivity index (χ2v) is 12.7. The first-order chi connectivity index (χ1) is 22.8. The highest BCUT2D eigenvalue weighted by atomic mass is 35.5. The number of halogens is 4. The highest BCUT2D eigenvalue weighted by molar-refractivity contribution is 6.31. The Morgan fingerprint density at radius 2 is 0.604 bits per heavy atom. The monoisotopic (exact) mass is 740 g/mol. The standard InChI is InChI=1S/C33H32Cl4N2O9/c34-25-1-17(29(44)21(5-25)13-40)9-38(10-18-2-26(35)6-22(14-41)30(18)45)33(48)39(11-19-3-27(36)7-23(15-42)31(19)46)12-20-4-28(37)8-24(16-43)32(20)47/h1-8,40-47H,9-16H2. The van der Waals surface area contributed by atoms with Gasteiger partial charge in [-0.2, -0.15) is 0 Å². The number of urea groups is 1. The molecular weight excluding hydrogens is 710 g/mol. The highest BCUT2D eigenvalue weighted by Crippen LogP contribution is 2.35. The molecule has 2 amide bonds. The summed E-state index contributed by atoms with van der Waals surface area (Å²) in [6.07, 6.45) is 0. The lowest BCUT2D eigenvalue weighted by molar-refractivity contribution is 0.140. The van der Waals surface area contributed by atoms with Gasteiger partial charge in [-0.15, -0.1) is 0 Å². The Morgan fingerprint density at radius 1 is 0.417 bits per heavy atom. The van der Waals surface area contributed by atoms with Crippen molar-refractivity contribution in [2.45, 2.75) is 52.6 Å². The number of benzene rings is 4.